The molecule has 12 rings (SSSR count). The fraction of sp³-hybridized carbons (Fsp3) is 0. The Bertz CT molecular complexity index is 4070. The van der Waals surface area contributed by atoms with Gasteiger partial charge in [0.05, 0.1) is 68.3 Å². The van der Waals surface area contributed by atoms with Crippen molar-refractivity contribution >= 4 is 43.6 Å². The molecular formula is C60H34N8. The van der Waals surface area contributed by atoms with E-state index in [0.717, 1.165) is 93.9 Å². The van der Waals surface area contributed by atoms with Crippen molar-refractivity contribution in [3.05, 3.63) is 223 Å². The lowest BCUT2D eigenvalue weighted by Crippen LogP contribution is -2.03. The van der Waals surface area contributed by atoms with Crippen molar-refractivity contribution in [1.82, 2.24) is 24.1 Å². The zero-order chi connectivity index (χ0) is 45.7. The number of rotatable bonds is 7. The van der Waals surface area contributed by atoms with E-state index in [1.165, 1.54) is 0 Å². The number of nitriles is 3. The van der Waals surface area contributed by atoms with Gasteiger partial charge in [-0.05, 0) is 90.5 Å². The predicted octanol–water partition coefficient (Wildman–Crippen LogP) is 14.0. The maximum atomic E-state index is 10.6. The van der Waals surface area contributed by atoms with Crippen LogP contribution in [0, 0.1) is 34.0 Å². The third-order valence-electron chi connectivity index (χ3n) is 12.7. The first kappa shape index (κ1) is 39.6. The molecule has 9 aromatic carbocycles. The molecule has 0 atom stereocenters. The minimum atomic E-state index is 0.514. The molecule has 0 N–H and O–H groups in total. The Morgan fingerprint density at radius 1 is 0.309 bits per heavy atom. The van der Waals surface area contributed by atoms with Crippen LogP contribution < -0.4 is 0 Å². The molecule has 0 saturated carbocycles. The first-order valence-electron chi connectivity index (χ1n) is 22.1. The van der Waals surface area contributed by atoms with Gasteiger partial charge in [0.15, 0.2) is 17.5 Å². The Morgan fingerprint density at radius 2 is 0.750 bits per heavy atom. The van der Waals surface area contributed by atoms with Crippen molar-refractivity contribution in [2.75, 3.05) is 0 Å². The van der Waals surface area contributed by atoms with Crippen LogP contribution in [0.5, 0.6) is 0 Å². The van der Waals surface area contributed by atoms with Gasteiger partial charge in [-0.3, -0.25) is 0 Å². The summed E-state index contributed by atoms with van der Waals surface area (Å²) in [5, 5.41) is 34.5. The van der Waals surface area contributed by atoms with E-state index >= 15 is 0 Å². The lowest BCUT2D eigenvalue weighted by Gasteiger charge is -2.19. The van der Waals surface area contributed by atoms with Gasteiger partial charge in [0.25, 0.3) is 0 Å². The second kappa shape index (κ2) is 16.2. The molecule has 0 radical (unpaired) electrons. The molecular weight excluding hydrogens is 833 g/mol. The highest BCUT2D eigenvalue weighted by atomic mass is 15.0. The Kier molecular flexibility index (Phi) is 9.47. The molecule has 0 bridgehead atoms. The lowest BCUT2D eigenvalue weighted by atomic mass is 9.93. The van der Waals surface area contributed by atoms with E-state index < -0.39 is 0 Å². The average molecular weight is 867 g/mol. The van der Waals surface area contributed by atoms with Crippen LogP contribution in [0.4, 0.5) is 0 Å². The number of aromatic nitrogens is 5. The summed E-state index contributed by atoms with van der Waals surface area (Å²) < 4.78 is 4.50. The van der Waals surface area contributed by atoms with Gasteiger partial charge in [0.1, 0.15) is 0 Å². The quantitative estimate of drug-likeness (QED) is 0.157. The number of hydrogen-bond acceptors (Lipinski definition) is 6. The predicted molar refractivity (Wildman–Crippen MR) is 270 cm³/mol. The molecule has 0 fully saturated rings. The molecule has 0 unspecified atom stereocenters. The molecule has 314 valence electrons. The van der Waals surface area contributed by atoms with Crippen LogP contribution in [-0.4, -0.2) is 24.1 Å². The van der Waals surface area contributed by atoms with Crippen molar-refractivity contribution in [3.8, 4) is 86.0 Å². The maximum absolute atomic E-state index is 10.6. The summed E-state index contributed by atoms with van der Waals surface area (Å²) in [6, 6.07) is 75.7. The molecule has 3 heterocycles. The van der Waals surface area contributed by atoms with Crippen LogP contribution >= 0.6 is 0 Å². The first-order chi connectivity index (χ1) is 33.6. The summed E-state index contributed by atoms with van der Waals surface area (Å²) in [6.07, 6.45) is 0. The number of hydrogen-bond donors (Lipinski definition) is 0. The van der Waals surface area contributed by atoms with Gasteiger partial charge >= 0.3 is 0 Å². The van der Waals surface area contributed by atoms with Crippen molar-refractivity contribution < 1.29 is 0 Å². The van der Waals surface area contributed by atoms with E-state index in [9.17, 15) is 15.8 Å². The molecule has 0 aliphatic carbocycles. The topological polar surface area (TPSA) is 120 Å². The number of para-hydroxylation sites is 2. The van der Waals surface area contributed by atoms with Gasteiger partial charge in [-0.15, -0.1) is 0 Å². The van der Waals surface area contributed by atoms with Crippen LogP contribution in [0.2, 0.25) is 0 Å². The summed E-state index contributed by atoms with van der Waals surface area (Å²) in [4.78, 5) is 15.2. The van der Waals surface area contributed by atoms with Crippen LogP contribution in [0.3, 0.4) is 0 Å². The van der Waals surface area contributed by atoms with E-state index in [2.05, 4.69) is 88.0 Å². The highest BCUT2D eigenvalue weighted by Gasteiger charge is 2.23. The molecule has 0 saturated heterocycles. The number of nitrogens with zero attached hydrogens (tertiary/aromatic N) is 8. The van der Waals surface area contributed by atoms with E-state index in [0.29, 0.717) is 34.2 Å². The first-order valence-corrected chi connectivity index (χ1v) is 22.1. The third-order valence-corrected chi connectivity index (χ3v) is 12.7. The van der Waals surface area contributed by atoms with Gasteiger partial charge in [-0.25, -0.2) is 15.0 Å². The van der Waals surface area contributed by atoms with Gasteiger partial charge in [-0.2, -0.15) is 15.8 Å². The molecule has 0 aliphatic rings. The average Bonchev–Trinajstić information content (AvgIpc) is 3.92. The zero-order valence-electron chi connectivity index (χ0n) is 36.2. The normalized spacial score (nSPS) is 11.2. The fourth-order valence-corrected chi connectivity index (χ4v) is 9.57. The standard InChI is InChI=1S/C60H34N8/c61-35-38-23-27-55-49(31-38)46-19-9-11-21-52(46)67(55)54-30-26-43(60-65-58(40-13-3-1-4-14-40)64-59(66-60)41-15-5-2-6-16-41)34-48(54)42-25-29-57(51(33-42)45-18-8-7-17-44(45)37-63)68-53-22-12-10-20-47(53)50-32-39(36-62)24-28-56(50)68/h1-34H. The summed E-state index contributed by atoms with van der Waals surface area (Å²) in [5.41, 5.74) is 13.3. The smallest absolute Gasteiger partial charge is 0.164 e. The van der Waals surface area contributed by atoms with E-state index in [-0.39, 0.29) is 0 Å². The van der Waals surface area contributed by atoms with E-state index in [1.54, 1.807) is 0 Å². The van der Waals surface area contributed by atoms with Crippen LogP contribution in [0.1, 0.15) is 16.7 Å². The molecule has 12 aromatic rings. The zero-order valence-corrected chi connectivity index (χ0v) is 36.2. The van der Waals surface area contributed by atoms with E-state index in [1.807, 2.05) is 146 Å². The summed E-state index contributed by atoms with van der Waals surface area (Å²) >= 11 is 0. The van der Waals surface area contributed by atoms with Gasteiger partial charge in [0.2, 0.25) is 0 Å². The highest BCUT2D eigenvalue weighted by Crippen LogP contribution is 2.43. The minimum absolute atomic E-state index is 0.514. The SMILES string of the molecule is N#Cc1ccc2c(c1)c1ccccc1n2-c1ccc(-c2nc(-c3ccccc3)nc(-c3ccccc3)n2)cc1-c1ccc(-n2c3ccccc3c3cc(C#N)ccc32)c(-c2ccccc2C#N)c1. The largest absolute Gasteiger partial charge is 0.309 e. The highest BCUT2D eigenvalue weighted by molar-refractivity contribution is 6.11. The monoisotopic (exact) mass is 866 g/mol. The molecule has 0 amide bonds. The minimum Gasteiger partial charge on any atom is -0.309 e. The van der Waals surface area contributed by atoms with Gasteiger partial charge < -0.3 is 9.13 Å². The number of fused-ring (bicyclic) bond motifs is 6. The van der Waals surface area contributed by atoms with Crippen molar-refractivity contribution in [2.24, 2.45) is 0 Å². The molecule has 68 heavy (non-hydrogen) atoms. The summed E-state index contributed by atoms with van der Waals surface area (Å²) in [6.45, 7) is 0. The Balaban J connectivity index is 1.17. The second-order valence-electron chi connectivity index (χ2n) is 16.6. The Morgan fingerprint density at radius 3 is 1.29 bits per heavy atom. The van der Waals surface area contributed by atoms with E-state index in [4.69, 9.17) is 15.0 Å². The van der Waals surface area contributed by atoms with Crippen LogP contribution in [0.25, 0.3) is 111 Å². The third kappa shape index (κ3) is 6.55. The van der Waals surface area contributed by atoms with Crippen LogP contribution in [0.15, 0.2) is 206 Å². The van der Waals surface area contributed by atoms with Gasteiger partial charge in [-0.1, -0.05) is 121 Å². The Hall–Kier alpha value is -9.94. The van der Waals surface area contributed by atoms with Crippen molar-refractivity contribution in [3.63, 3.8) is 0 Å². The molecule has 3 aromatic heterocycles. The van der Waals surface area contributed by atoms with Crippen molar-refractivity contribution in [2.45, 2.75) is 0 Å². The molecule has 0 spiro atoms. The fourth-order valence-electron chi connectivity index (χ4n) is 9.57. The van der Waals surface area contributed by atoms with Crippen LogP contribution in [-0.2, 0) is 0 Å². The Labute approximate surface area is 390 Å². The molecule has 8 heteroatoms. The maximum Gasteiger partial charge on any atom is 0.164 e. The molecule has 0 aliphatic heterocycles. The second-order valence-corrected chi connectivity index (χ2v) is 16.6. The summed E-state index contributed by atoms with van der Waals surface area (Å²) in [5.74, 6) is 1.63. The van der Waals surface area contributed by atoms with Gasteiger partial charge in [0, 0.05) is 54.9 Å². The summed E-state index contributed by atoms with van der Waals surface area (Å²) in [7, 11) is 0. The van der Waals surface area contributed by atoms with Crippen molar-refractivity contribution in [1.29, 1.82) is 15.8 Å². The molecule has 8 nitrogen and oxygen atoms in total. The number of benzene rings is 9. The lowest BCUT2D eigenvalue weighted by molar-refractivity contribution is 1.07.